The first-order chi connectivity index (χ1) is 10.6. The number of benzene rings is 1. The number of nitrogens with zero attached hydrogens (tertiary/aromatic N) is 2. The van der Waals surface area contributed by atoms with Gasteiger partial charge in [-0.05, 0) is 17.7 Å². The lowest BCUT2D eigenvalue weighted by Crippen LogP contribution is -3.00. The van der Waals surface area contributed by atoms with E-state index in [1.807, 2.05) is 20.9 Å². The van der Waals surface area contributed by atoms with Crippen LogP contribution in [0.5, 0.6) is 0 Å². The van der Waals surface area contributed by atoms with Crippen molar-refractivity contribution >= 4 is 15.7 Å². The molecule has 0 saturated carbocycles. The Labute approximate surface area is 149 Å². The Bertz CT molecular complexity index is 789. The molecule has 0 aliphatic rings. The molecule has 1 unspecified atom stereocenters. The Morgan fingerprint density at radius 3 is 2.17 bits per heavy atom. The van der Waals surface area contributed by atoms with E-state index in [1.165, 1.54) is 5.69 Å². The van der Waals surface area contributed by atoms with Crippen molar-refractivity contribution in [3.63, 3.8) is 0 Å². The molecule has 2 rings (SSSR count). The molecule has 24 heavy (non-hydrogen) atoms. The van der Waals surface area contributed by atoms with Crippen molar-refractivity contribution < 1.29 is 30.5 Å². The van der Waals surface area contributed by atoms with E-state index in [4.69, 9.17) is 0 Å². The number of nitrogens with one attached hydrogen (secondary N) is 1. The molecule has 1 heterocycles. The van der Waals surface area contributed by atoms with E-state index in [-0.39, 0.29) is 12.4 Å². The van der Waals surface area contributed by atoms with E-state index in [0.717, 1.165) is 23.3 Å². The highest BCUT2D eigenvalue weighted by Gasteiger charge is 2.22. The van der Waals surface area contributed by atoms with Crippen LogP contribution >= 0.6 is 0 Å². The number of anilines is 1. The first-order valence-electron chi connectivity index (χ1n) is 7.38. The lowest BCUT2D eigenvalue weighted by Gasteiger charge is -2.11. The summed E-state index contributed by atoms with van der Waals surface area (Å²) in [5.74, 6) is 1.08. The second-order valence-electron chi connectivity index (χ2n) is 5.90. The molecule has 0 radical (unpaired) electrons. The van der Waals surface area contributed by atoms with Crippen LogP contribution in [0.2, 0.25) is 0 Å². The zero-order valence-electron chi connectivity index (χ0n) is 14.5. The van der Waals surface area contributed by atoms with Gasteiger partial charge >= 0.3 is 0 Å². The van der Waals surface area contributed by atoms with Crippen LogP contribution in [0, 0.1) is 20.8 Å². The molecule has 0 amide bonds. The Morgan fingerprint density at radius 2 is 1.75 bits per heavy atom. The summed E-state index contributed by atoms with van der Waals surface area (Å²) in [4.78, 5) is 0. The Hall–Kier alpha value is -1.57. The number of hydrogen-bond donors (Lipinski definition) is 2. The van der Waals surface area contributed by atoms with E-state index >= 15 is 0 Å². The standard InChI is InChI=1S/C16H24N3O3S.ClH/c1-11-12(2)19(13(3)18(11)4)10-16(20)14-6-8-15(9-7-14)17-23(5,21)22;/h6-9,16-17,20H,10H2,1-5H3;1H/q+1;/p-1. The lowest BCUT2D eigenvalue weighted by atomic mass is 10.1. The Balaban J connectivity index is 0.00000288. The summed E-state index contributed by atoms with van der Waals surface area (Å²) in [6, 6.07) is 6.78. The summed E-state index contributed by atoms with van der Waals surface area (Å²) in [6.07, 6.45) is 0.446. The lowest BCUT2D eigenvalue weighted by molar-refractivity contribution is -0.683. The molecule has 6 nitrogen and oxygen atoms in total. The second-order valence-corrected chi connectivity index (χ2v) is 7.65. The van der Waals surface area contributed by atoms with Gasteiger partial charge in [-0.3, -0.25) is 4.72 Å². The summed E-state index contributed by atoms with van der Waals surface area (Å²) >= 11 is 0. The van der Waals surface area contributed by atoms with Crippen molar-refractivity contribution in [2.75, 3.05) is 11.0 Å². The number of aliphatic hydroxyl groups is 1. The number of aliphatic hydroxyl groups excluding tert-OH is 1. The summed E-state index contributed by atoms with van der Waals surface area (Å²) in [5.41, 5.74) is 3.53. The maximum Gasteiger partial charge on any atom is 0.253 e. The van der Waals surface area contributed by atoms with Crippen LogP contribution in [0.1, 0.15) is 28.9 Å². The Kier molecular flexibility index (Phi) is 6.44. The quantitative estimate of drug-likeness (QED) is 0.616. The highest BCUT2D eigenvalue weighted by Crippen LogP contribution is 2.20. The topological polar surface area (TPSA) is 75.2 Å². The third-order valence-corrected chi connectivity index (χ3v) is 4.87. The average molecular weight is 374 g/mol. The summed E-state index contributed by atoms with van der Waals surface area (Å²) in [6.45, 7) is 6.56. The van der Waals surface area contributed by atoms with E-state index < -0.39 is 16.1 Å². The monoisotopic (exact) mass is 373 g/mol. The van der Waals surface area contributed by atoms with Crippen molar-refractivity contribution in [2.45, 2.75) is 33.4 Å². The number of imidazole rings is 1. The largest absolute Gasteiger partial charge is 1.00 e. The first kappa shape index (κ1) is 20.5. The molecule has 134 valence electrons. The zero-order chi connectivity index (χ0) is 17.4. The van der Waals surface area contributed by atoms with Crippen molar-refractivity contribution in [3.8, 4) is 0 Å². The minimum atomic E-state index is -3.29. The fourth-order valence-electron chi connectivity index (χ4n) is 2.64. The van der Waals surface area contributed by atoms with Crippen molar-refractivity contribution in [1.29, 1.82) is 0 Å². The number of aromatic nitrogens is 2. The molecule has 0 spiro atoms. The smallest absolute Gasteiger partial charge is 0.253 e. The fraction of sp³-hybridized carbons (Fsp3) is 0.438. The van der Waals surface area contributed by atoms with E-state index in [2.05, 4.69) is 20.8 Å². The van der Waals surface area contributed by atoms with Gasteiger partial charge in [-0.15, -0.1) is 0 Å². The van der Waals surface area contributed by atoms with Crippen LogP contribution in [0.15, 0.2) is 24.3 Å². The molecule has 0 fully saturated rings. The molecule has 1 aromatic carbocycles. The van der Waals surface area contributed by atoms with Gasteiger partial charge in [0.05, 0.1) is 13.3 Å². The molecule has 2 N–H and O–H groups in total. The third-order valence-electron chi connectivity index (χ3n) is 4.26. The summed E-state index contributed by atoms with van der Waals surface area (Å²) < 4.78 is 29.0. The van der Waals surface area contributed by atoms with Gasteiger partial charge < -0.3 is 17.5 Å². The fourth-order valence-corrected chi connectivity index (χ4v) is 3.20. The highest BCUT2D eigenvalue weighted by atomic mass is 35.5. The van der Waals surface area contributed by atoms with Gasteiger partial charge in [-0.25, -0.2) is 17.6 Å². The number of rotatable bonds is 5. The second kappa shape index (κ2) is 7.55. The zero-order valence-corrected chi connectivity index (χ0v) is 16.1. The first-order valence-corrected chi connectivity index (χ1v) is 9.27. The van der Waals surface area contributed by atoms with Gasteiger partial charge in [0, 0.05) is 26.5 Å². The van der Waals surface area contributed by atoms with Crippen LogP contribution < -0.4 is 21.7 Å². The normalized spacial score (nSPS) is 12.6. The molecule has 1 aromatic heterocycles. The van der Waals surface area contributed by atoms with Gasteiger partial charge in [-0.1, -0.05) is 12.1 Å². The van der Waals surface area contributed by atoms with E-state index in [0.29, 0.717) is 12.2 Å². The van der Waals surface area contributed by atoms with Crippen LogP contribution in [0.4, 0.5) is 5.69 Å². The van der Waals surface area contributed by atoms with Crippen LogP contribution in [0.25, 0.3) is 0 Å². The molecule has 8 heteroatoms. The van der Waals surface area contributed by atoms with Crippen LogP contribution in [0.3, 0.4) is 0 Å². The maximum absolute atomic E-state index is 11.2. The molecular formula is C16H24ClN3O3S. The van der Waals surface area contributed by atoms with Crippen molar-refractivity contribution in [2.24, 2.45) is 7.05 Å². The van der Waals surface area contributed by atoms with Gasteiger partial charge in [0.1, 0.15) is 24.0 Å². The van der Waals surface area contributed by atoms with E-state index in [9.17, 15) is 13.5 Å². The minimum Gasteiger partial charge on any atom is -1.00 e. The van der Waals surface area contributed by atoms with E-state index in [1.54, 1.807) is 24.3 Å². The maximum atomic E-state index is 11.2. The molecule has 0 aliphatic carbocycles. The average Bonchev–Trinajstić information content (AvgIpc) is 2.64. The molecule has 1 atom stereocenters. The molecule has 0 aliphatic heterocycles. The van der Waals surface area contributed by atoms with Gasteiger partial charge in [0.2, 0.25) is 10.0 Å². The number of halogens is 1. The molecule has 0 saturated heterocycles. The predicted octanol–water partition coefficient (Wildman–Crippen LogP) is -1.65. The van der Waals surface area contributed by atoms with Gasteiger partial charge in [0.25, 0.3) is 5.82 Å². The third kappa shape index (κ3) is 4.49. The van der Waals surface area contributed by atoms with Crippen molar-refractivity contribution in [1.82, 2.24) is 4.57 Å². The summed E-state index contributed by atoms with van der Waals surface area (Å²) in [7, 11) is -1.29. The Morgan fingerprint density at radius 1 is 1.21 bits per heavy atom. The number of hydrogen-bond acceptors (Lipinski definition) is 3. The summed E-state index contributed by atoms with van der Waals surface area (Å²) in [5, 5.41) is 10.5. The number of sulfonamides is 1. The minimum absolute atomic E-state index is 0. The van der Waals surface area contributed by atoms with Crippen LogP contribution in [-0.4, -0.2) is 24.3 Å². The SMILES string of the molecule is Cc1c(C)[n+](C)c(C)n1CC(O)c1ccc(NS(C)(=O)=O)cc1.[Cl-]. The van der Waals surface area contributed by atoms with Gasteiger partial charge in [-0.2, -0.15) is 0 Å². The highest BCUT2D eigenvalue weighted by molar-refractivity contribution is 7.92. The predicted molar refractivity (Wildman–Crippen MR) is 89.7 cm³/mol. The van der Waals surface area contributed by atoms with Crippen molar-refractivity contribution in [3.05, 3.63) is 47.0 Å². The molecular weight excluding hydrogens is 350 g/mol. The molecule has 0 bridgehead atoms. The molecule has 2 aromatic rings. The van der Waals surface area contributed by atoms with Gasteiger partial charge in [0.15, 0.2) is 0 Å². The van der Waals surface area contributed by atoms with Crippen LogP contribution in [-0.2, 0) is 23.6 Å².